The Morgan fingerprint density at radius 1 is 0.850 bits per heavy atom. The predicted octanol–water partition coefficient (Wildman–Crippen LogP) is 3.78. The van der Waals surface area contributed by atoms with Crippen LogP contribution in [0, 0.1) is 0 Å². The van der Waals surface area contributed by atoms with Crippen LogP contribution >= 0.6 is 0 Å². The van der Waals surface area contributed by atoms with E-state index in [1.165, 1.54) is 0 Å². The van der Waals surface area contributed by atoms with Gasteiger partial charge in [-0.15, -0.1) is 0 Å². The van der Waals surface area contributed by atoms with Crippen molar-refractivity contribution in [1.29, 1.82) is 0 Å². The highest BCUT2D eigenvalue weighted by atomic mass is 15.2. The van der Waals surface area contributed by atoms with E-state index in [1.54, 1.807) is 0 Å². The van der Waals surface area contributed by atoms with Crippen LogP contribution in [0.25, 0.3) is 11.3 Å². The lowest BCUT2D eigenvalue weighted by Crippen LogP contribution is -2.16. The Morgan fingerprint density at radius 3 is 2.10 bits per heavy atom. The van der Waals surface area contributed by atoms with Crippen LogP contribution in [-0.4, -0.2) is 22.1 Å². The fraction of sp³-hybridized carbons (Fsp3) is 0.375. The van der Waals surface area contributed by atoms with Crippen LogP contribution in [0.15, 0.2) is 36.4 Å². The van der Waals surface area contributed by atoms with E-state index in [-0.39, 0.29) is 0 Å². The minimum absolute atomic E-state index is 0.299. The van der Waals surface area contributed by atoms with Crippen molar-refractivity contribution < 1.29 is 0 Å². The molecular formula is C16H22N4. The first kappa shape index (κ1) is 14.3. The lowest BCUT2D eigenvalue weighted by molar-refractivity contribution is 0.862. The Balaban J connectivity index is 2.39. The number of nitrogens with one attached hydrogen (secondary N) is 2. The van der Waals surface area contributed by atoms with Gasteiger partial charge < -0.3 is 10.6 Å². The normalized spacial score (nSPS) is 10.9. The quantitative estimate of drug-likeness (QED) is 0.868. The van der Waals surface area contributed by atoms with E-state index in [0.29, 0.717) is 18.0 Å². The zero-order valence-electron chi connectivity index (χ0n) is 12.5. The summed E-state index contributed by atoms with van der Waals surface area (Å²) in [5.74, 6) is 1.50. The standard InChI is InChI=1S/C16H22N4/c1-11(2)17-15-10-14(13-8-6-5-7-9-13)19-16(20-15)18-12(3)4/h5-12H,1-4H3,(H2,17,18,19,20). The van der Waals surface area contributed by atoms with Crippen molar-refractivity contribution in [2.75, 3.05) is 10.6 Å². The third-order valence-electron chi connectivity index (χ3n) is 2.65. The zero-order valence-corrected chi connectivity index (χ0v) is 12.5. The number of aromatic nitrogens is 2. The van der Waals surface area contributed by atoms with Crippen LogP contribution in [-0.2, 0) is 0 Å². The average molecular weight is 270 g/mol. The number of rotatable bonds is 5. The molecule has 106 valence electrons. The van der Waals surface area contributed by atoms with Crippen molar-refractivity contribution in [3.63, 3.8) is 0 Å². The lowest BCUT2D eigenvalue weighted by atomic mass is 10.1. The molecule has 0 aliphatic carbocycles. The van der Waals surface area contributed by atoms with Gasteiger partial charge in [-0.2, -0.15) is 4.98 Å². The van der Waals surface area contributed by atoms with Gasteiger partial charge in [-0.3, -0.25) is 0 Å². The third kappa shape index (κ3) is 3.95. The largest absolute Gasteiger partial charge is 0.368 e. The molecule has 0 aliphatic heterocycles. The molecular weight excluding hydrogens is 248 g/mol. The molecule has 1 aromatic heterocycles. The lowest BCUT2D eigenvalue weighted by Gasteiger charge is -2.14. The number of hydrogen-bond acceptors (Lipinski definition) is 4. The van der Waals surface area contributed by atoms with Gasteiger partial charge in [0.05, 0.1) is 5.69 Å². The second kappa shape index (κ2) is 6.37. The maximum absolute atomic E-state index is 4.59. The van der Waals surface area contributed by atoms with Gasteiger partial charge >= 0.3 is 0 Å². The fourth-order valence-corrected chi connectivity index (χ4v) is 1.90. The highest BCUT2D eigenvalue weighted by Crippen LogP contribution is 2.21. The van der Waals surface area contributed by atoms with Gasteiger partial charge in [-0.1, -0.05) is 30.3 Å². The molecule has 4 heteroatoms. The van der Waals surface area contributed by atoms with Gasteiger partial charge in [0.15, 0.2) is 0 Å². The molecule has 0 bridgehead atoms. The Labute approximate surface area is 120 Å². The van der Waals surface area contributed by atoms with Gasteiger partial charge in [-0.05, 0) is 27.7 Å². The molecule has 0 aliphatic rings. The van der Waals surface area contributed by atoms with E-state index in [4.69, 9.17) is 0 Å². The molecule has 2 aromatic rings. The van der Waals surface area contributed by atoms with Crippen LogP contribution in [0.3, 0.4) is 0 Å². The van der Waals surface area contributed by atoms with Crippen molar-refractivity contribution in [3.8, 4) is 11.3 Å². The van der Waals surface area contributed by atoms with E-state index < -0.39 is 0 Å². The first-order valence-electron chi connectivity index (χ1n) is 7.02. The summed E-state index contributed by atoms with van der Waals surface area (Å²) in [6.07, 6.45) is 0. The summed E-state index contributed by atoms with van der Waals surface area (Å²) >= 11 is 0. The van der Waals surface area contributed by atoms with Crippen molar-refractivity contribution in [2.24, 2.45) is 0 Å². The van der Waals surface area contributed by atoms with Crippen LogP contribution in [0.5, 0.6) is 0 Å². The molecule has 2 N–H and O–H groups in total. The molecule has 0 saturated carbocycles. The molecule has 2 rings (SSSR count). The summed E-state index contributed by atoms with van der Waals surface area (Å²) in [6, 6.07) is 12.8. The van der Waals surface area contributed by atoms with Crippen molar-refractivity contribution in [3.05, 3.63) is 36.4 Å². The summed E-state index contributed by atoms with van der Waals surface area (Å²) in [6.45, 7) is 8.35. The average Bonchev–Trinajstić information content (AvgIpc) is 2.38. The molecule has 4 nitrogen and oxygen atoms in total. The van der Waals surface area contributed by atoms with Crippen molar-refractivity contribution >= 4 is 11.8 Å². The van der Waals surface area contributed by atoms with Gasteiger partial charge in [0.1, 0.15) is 5.82 Å². The monoisotopic (exact) mass is 270 g/mol. The molecule has 0 spiro atoms. The Kier molecular flexibility index (Phi) is 4.56. The van der Waals surface area contributed by atoms with Gasteiger partial charge in [-0.25, -0.2) is 4.98 Å². The Bertz CT molecular complexity index is 521. The Hall–Kier alpha value is -2.10. The molecule has 1 aromatic carbocycles. The summed E-state index contributed by atoms with van der Waals surface area (Å²) in [5.41, 5.74) is 2.01. The number of hydrogen-bond donors (Lipinski definition) is 2. The molecule has 0 saturated heterocycles. The molecule has 0 fully saturated rings. The van der Waals surface area contributed by atoms with Crippen LogP contribution < -0.4 is 10.6 Å². The summed E-state index contributed by atoms with van der Waals surface area (Å²) < 4.78 is 0. The first-order chi connectivity index (χ1) is 9.54. The van der Waals surface area contributed by atoms with E-state index in [0.717, 1.165) is 17.1 Å². The maximum Gasteiger partial charge on any atom is 0.225 e. The van der Waals surface area contributed by atoms with Gasteiger partial charge in [0.25, 0.3) is 0 Å². The van der Waals surface area contributed by atoms with Gasteiger partial charge in [0.2, 0.25) is 5.95 Å². The summed E-state index contributed by atoms with van der Waals surface area (Å²) in [4.78, 5) is 9.09. The molecule has 0 atom stereocenters. The second-order valence-corrected chi connectivity index (χ2v) is 5.43. The number of nitrogens with zero attached hydrogens (tertiary/aromatic N) is 2. The van der Waals surface area contributed by atoms with E-state index in [9.17, 15) is 0 Å². The molecule has 0 radical (unpaired) electrons. The molecule has 0 amide bonds. The molecule has 0 unspecified atom stereocenters. The third-order valence-corrected chi connectivity index (χ3v) is 2.65. The van der Waals surface area contributed by atoms with E-state index >= 15 is 0 Å². The van der Waals surface area contributed by atoms with E-state index in [1.807, 2.05) is 24.3 Å². The van der Waals surface area contributed by atoms with Gasteiger partial charge in [0, 0.05) is 23.7 Å². The fourth-order valence-electron chi connectivity index (χ4n) is 1.90. The first-order valence-corrected chi connectivity index (χ1v) is 7.02. The number of benzene rings is 1. The topological polar surface area (TPSA) is 49.8 Å². The Morgan fingerprint density at radius 2 is 1.50 bits per heavy atom. The van der Waals surface area contributed by atoms with Crippen molar-refractivity contribution in [1.82, 2.24) is 9.97 Å². The van der Waals surface area contributed by atoms with Crippen LogP contribution in [0.1, 0.15) is 27.7 Å². The van der Waals surface area contributed by atoms with Crippen LogP contribution in [0.4, 0.5) is 11.8 Å². The van der Waals surface area contributed by atoms with Crippen molar-refractivity contribution in [2.45, 2.75) is 39.8 Å². The highest BCUT2D eigenvalue weighted by Gasteiger charge is 2.08. The SMILES string of the molecule is CC(C)Nc1cc(-c2ccccc2)nc(NC(C)C)n1. The minimum atomic E-state index is 0.299. The summed E-state index contributed by atoms with van der Waals surface area (Å²) in [5, 5.41) is 6.60. The minimum Gasteiger partial charge on any atom is -0.368 e. The number of anilines is 2. The second-order valence-electron chi connectivity index (χ2n) is 5.43. The zero-order chi connectivity index (χ0) is 14.5. The smallest absolute Gasteiger partial charge is 0.225 e. The van der Waals surface area contributed by atoms with Crippen LogP contribution in [0.2, 0.25) is 0 Å². The predicted molar refractivity (Wildman–Crippen MR) is 85.0 cm³/mol. The maximum atomic E-state index is 4.59. The molecule has 1 heterocycles. The molecule has 20 heavy (non-hydrogen) atoms. The van der Waals surface area contributed by atoms with E-state index in [2.05, 4.69) is 60.4 Å². The highest BCUT2D eigenvalue weighted by molar-refractivity contribution is 5.64. The summed E-state index contributed by atoms with van der Waals surface area (Å²) in [7, 11) is 0.